The van der Waals surface area contributed by atoms with Gasteiger partial charge in [-0.05, 0) is 18.2 Å². The zero-order chi connectivity index (χ0) is 13.1. The number of aryl methyl sites for hydroxylation is 1. The third-order valence-corrected chi connectivity index (χ3v) is 2.68. The summed E-state index contributed by atoms with van der Waals surface area (Å²) in [5.74, 6) is -0.00123. The van der Waals surface area contributed by atoms with Crippen LogP contribution in [0.2, 0.25) is 5.02 Å². The predicted molar refractivity (Wildman–Crippen MR) is 66.0 cm³/mol. The molecule has 0 spiro atoms. The van der Waals surface area contributed by atoms with E-state index >= 15 is 0 Å². The van der Waals surface area contributed by atoms with Crippen molar-refractivity contribution in [3.63, 3.8) is 0 Å². The Bertz CT molecular complexity index is 582. The number of esters is 1. The van der Waals surface area contributed by atoms with E-state index in [-0.39, 0.29) is 12.2 Å². The molecule has 7 heteroatoms. The van der Waals surface area contributed by atoms with Gasteiger partial charge in [0.15, 0.2) is 12.4 Å². The smallest absolute Gasteiger partial charge is 0.340 e. The Balaban J connectivity index is 2.08. The second-order valence-corrected chi connectivity index (χ2v) is 4.02. The minimum Gasteiger partial charge on any atom is -0.454 e. The molecule has 94 valence electrons. The summed E-state index contributed by atoms with van der Waals surface area (Å²) in [7, 11) is 1.71. The maximum absolute atomic E-state index is 11.8. The second-order valence-electron chi connectivity index (χ2n) is 3.62. The number of benzene rings is 1. The van der Waals surface area contributed by atoms with E-state index in [4.69, 9.17) is 22.1 Å². The normalized spacial score (nSPS) is 10.3. The van der Waals surface area contributed by atoms with E-state index in [0.717, 1.165) is 0 Å². The highest BCUT2D eigenvalue weighted by molar-refractivity contribution is 6.33. The van der Waals surface area contributed by atoms with Crippen molar-refractivity contribution < 1.29 is 9.53 Å². The van der Waals surface area contributed by atoms with Crippen LogP contribution < -0.4 is 5.73 Å². The number of rotatable bonds is 3. The van der Waals surface area contributed by atoms with Crippen molar-refractivity contribution in [2.24, 2.45) is 7.05 Å². The largest absolute Gasteiger partial charge is 0.454 e. The van der Waals surface area contributed by atoms with Crippen LogP contribution in [0.4, 0.5) is 5.69 Å². The van der Waals surface area contributed by atoms with Gasteiger partial charge >= 0.3 is 5.97 Å². The van der Waals surface area contributed by atoms with Crippen molar-refractivity contribution in [2.75, 3.05) is 5.73 Å². The molecule has 1 heterocycles. The van der Waals surface area contributed by atoms with Crippen LogP contribution in [-0.4, -0.2) is 20.7 Å². The van der Waals surface area contributed by atoms with Crippen LogP contribution in [0.25, 0.3) is 0 Å². The van der Waals surface area contributed by atoms with Crippen molar-refractivity contribution in [1.29, 1.82) is 0 Å². The molecule has 0 aliphatic carbocycles. The number of carbonyl (C=O) groups is 1. The van der Waals surface area contributed by atoms with Crippen molar-refractivity contribution in [2.45, 2.75) is 6.61 Å². The fourth-order valence-electron chi connectivity index (χ4n) is 1.36. The van der Waals surface area contributed by atoms with Crippen LogP contribution in [0.5, 0.6) is 0 Å². The molecule has 0 atom stereocenters. The molecule has 0 saturated heterocycles. The molecular formula is C11H11ClN4O2. The minimum atomic E-state index is -0.546. The maximum Gasteiger partial charge on any atom is 0.340 e. The van der Waals surface area contributed by atoms with Gasteiger partial charge in [-0.1, -0.05) is 11.6 Å². The van der Waals surface area contributed by atoms with Gasteiger partial charge in [-0.15, -0.1) is 0 Å². The van der Waals surface area contributed by atoms with Crippen LogP contribution in [-0.2, 0) is 18.4 Å². The molecule has 2 rings (SSSR count). The lowest BCUT2D eigenvalue weighted by atomic mass is 10.2. The Morgan fingerprint density at radius 1 is 1.56 bits per heavy atom. The summed E-state index contributed by atoms with van der Waals surface area (Å²) < 4.78 is 6.61. The number of halogens is 1. The summed E-state index contributed by atoms with van der Waals surface area (Å²) in [4.78, 5) is 15.7. The molecule has 6 nitrogen and oxygen atoms in total. The summed E-state index contributed by atoms with van der Waals surface area (Å²) in [5, 5.41) is 4.17. The quantitative estimate of drug-likeness (QED) is 0.671. The second kappa shape index (κ2) is 5.05. The van der Waals surface area contributed by atoms with Crippen LogP contribution >= 0.6 is 11.6 Å². The number of nitrogens with zero attached hydrogens (tertiary/aromatic N) is 3. The first-order valence-corrected chi connectivity index (χ1v) is 5.50. The standard InChI is InChI=1S/C11H11ClN4O2/c1-16-10(14-6-15-16)5-18-11(17)8-4-7(13)2-3-9(8)12/h2-4,6H,5,13H2,1H3. The number of hydrogen-bond donors (Lipinski definition) is 1. The fraction of sp³-hybridized carbons (Fsp3) is 0.182. The summed E-state index contributed by atoms with van der Waals surface area (Å²) >= 11 is 5.89. The number of ether oxygens (including phenoxy) is 1. The van der Waals surface area contributed by atoms with Gasteiger partial charge in [-0.25, -0.2) is 9.78 Å². The average Bonchev–Trinajstić information content (AvgIpc) is 2.75. The third kappa shape index (κ3) is 2.60. The molecule has 2 N–H and O–H groups in total. The van der Waals surface area contributed by atoms with E-state index in [1.165, 1.54) is 17.1 Å². The number of anilines is 1. The predicted octanol–water partition coefficient (Wildman–Crippen LogP) is 1.41. The Labute approximate surface area is 108 Å². The van der Waals surface area contributed by atoms with E-state index in [1.807, 2.05) is 0 Å². The molecule has 1 aromatic heterocycles. The summed E-state index contributed by atoms with van der Waals surface area (Å²) in [6, 6.07) is 4.64. The topological polar surface area (TPSA) is 83.0 Å². The maximum atomic E-state index is 11.8. The molecule has 0 radical (unpaired) electrons. The van der Waals surface area contributed by atoms with Gasteiger partial charge < -0.3 is 10.5 Å². The minimum absolute atomic E-state index is 0.0282. The van der Waals surface area contributed by atoms with Gasteiger partial charge in [0.05, 0.1) is 10.6 Å². The molecule has 18 heavy (non-hydrogen) atoms. The number of carbonyl (C=O) groups excluding carboxylic acids is 1. The molecule has 0 aliphatic heterocycles. The average molecular weight is 267 g/mol. The lowest BCUT2D eigenvalue weighted by molar-refractivity contribution is 0.0458. The highest BCUT2D eigenvalue weighted by Gasteiger charge is 2.13. The zero-order valence-corrected chi connectivity index (χ0v) is 10.4. The number of nitrogens with two attached hydrogens (primary N) is 1. The zero-order valence-electron chi connectivity index (χ0n) is 9.63. The SMILES string of the molecule is Cn1ncnc1COC(=O)c1cc(N)ccc1Cl. The molecule has 2 aromatic rings. The number of nitrogen functional groups attached to an aromatic ring is 1. The van der Waals surface area contributed by atoms with Gasteiger partial charge in [0.25, 0.3) is 0 Å². The molecule has 0 saturated carbocycles. The summed E-state index contributed by atoms with van der Waals surface area (Å²) in [6.07, 6.45) is 1.39. The van der Waals surface area contributed by atoms with Crippen molar-refractivity contribution in [1.82, 2.24) is 14.8 Å². The third-order valence-electron chi connectivity index (χ3n) is 2.35. The van der Waals surface area contributed by atoms with Gasteiger partial charge in [0.1, 0.15) is 6.33 Å². The number of aromatic nitrogens is 3. The summed E-state index contributed by atoms with van der Waals surface area (Å²) in [6.45, 7) is 0.0282. The molecule has 1 aromatic carbocycles. The van der Waals surface area contributed by atoms with Crippen LogP contribution in [0.15, 0.2) is 24.5 Å². The van der Waals surface area contributed by atoms with Crippen LogP contribution in [0, 0.1) is 0 Å². The molecule has 0 fully saturated rings. The Hall–Kier alpha value is -2.08. The van der Waals surface area contributed by atoms with E-state index in [9.17, 15) is 4.79 Å². The Kier molecular flexibility index (Phi) is 3.47. The molecule has 0 bridgehead atoms. The van der Waals surface area contributed by atoms with Gasteiger partial charge in [0, 0.05) is 12.7 Å². The highest BCUT2D eigenvalue weighted by atomic mass is 35.5. The fourth-order valence-corrected chi connectivity index (χ4v) is 1.55. The van der Waals surface area contributed by atoms with Crippen LogP contribution in [0.3, 0.4) is 0 Å². The highest BCUT2D eigenvalue weighted by Crippen LogP contribution is 2.20. The van der Waals surface area contributed by atoms with Gasteiger partial charge in [-0.2, -0.15) is 5.10 Å². The molecular weight excluding hydrogens is 256 g/mol. The van der Waals surface area contributed by atoms with E-state index in [2.05, 4.69) is 10.1 Å². The first kappa shape index (κ1) is 12.4. The molecule has 0 unspecified atom stereocenters. The van der Waals surface area contributed by atoms with Crippen LogP contribution in [0.1, 0.15) is 16.2 Å². The summed E-state index contributed by atoms with van der Waals surface area (Å²) in [5.41, 5.74) is 6.27. The molecule has 0 aliphatic rings. The van der Waals surface area contributed by atoms with Gasteiger partial charge in [0.2, 0.25) is 0 Å². The lowest BCUT2D eigenvalue weighted by Crippen LogP contribution is -2.09. The monoisotopic (exact) mass is 266 g/mol. The van der Waals surface area contributed by atoms with Crippen molar-refractivity contribution in [3.05, 3.63) is 40.9 Å². The van der Waals surface area contributed by atoms with Crippen molar-refractivity contribution >= 4 is 23.3 Å². The Morgan fingerprint density at radius 3 is 3.00 bits per heavy atom. The van der Waals surface area contributed by atoms with E-state index < -0.39 is 5.97 Å². The first-order valence-electron chi connectivity index (χ1n) is 5.13. The first-order chi connectivity index (χ1) is 8.58. The van der Waals surface area contributed by atoms with E-state index in [0.29, 0.717) is 16.5 Å². The number of hydrogen-bond acceptors (Lipinski definition) is 5. The van der Waals surface area contributed by atoms with E-state index in [1.54, 1.807) is 19.2 Å². The van der Waals surface area contributed by atoms with Gasteiger partial charge in [-0.3, -0.25) is 4.68 Å². The molecule has 0 amide bonds. The Morgan fingerprint density at radius 2 is 2.33 bits per heavy atom. The lowest BCUT2D eigenvalue weighted by Gasteiger charge is -2.06. The van der Waals surface area contributed by atoms with Crippen molar-refractivity contribution in [3.8, 4) is 0 Å².